The molecule has 0 radical (unpaired) electrons. The molecule has 0 aliphatic carbocycles. The van der Waals surface area contributed by atoms with Crippen molar-refractivity contribution in [3.8, 4) is 0 Å². The zero-order valence-corrected chi connectivity index (χ0v) is 15.5. The molecule has 3 aromatic rings. The van der Waals surface area contributed by atoms with Crippen molar-refractivity contribution in [2.45, 2.75) is 23.7 Å². The maximum atomic E-state index is 13.3. The summed E-state index contributed by atoms with van der Waals surface area (Å²) in [7, 11) is -3.99. The molecule has 0 unspecified atom stereocenters. The number of nitrogens with zero attached hydrogens (tertiary/aromatic N) is 2. The van der Waals surface area contributed by atoms with Crippen molar-refractivity contribution >= 4 is 10.0 Å². The van der Waals surface area contributed by atoms with Crippen molar-refractivity contribution in [3.05, 3.63) is 89.7 Å². The zero-order chi connectivity index (χ0) is 19.9. The lowest BCUT2D eigenvalue weighted by Gasteiger charge is -2.36. The van der Waals surface area contributed by atoms with E-state index >= 15 is 0 Å². The summed E-state index contributed by atoms with van der Waals surface area (Å²) in [6.45, 7) is 0.704. The molecule has 2 aromatic carbocycles. The number of aromatic nitrogens is 1. The Labute approximate surface area is 160 Å². The van der Waals surface area contributed by atoms with Gasteiger partial charge in [0, 0.05) is 25.0 Å². The molecule has 8 heteroatoms. The van der Waals surface area contributed by atoms with Crippen molar-refractivity contribution in [2.24, 2.45) is 0 Å². The smallest absolute Gasteiger partial charge is 0.348 e. The van der Waals surface area contributed by atoms with Crippen LogP contribution in [0.2, 0.25) is 0 Å². The first kappa shape index (κ1) is 18.8. The van der Waals surface area contributed by atoms with Gasteiger partial charge in [0.15, 0.2) is 0 Å². The molecular weight excluding hydrogens is 389 g/mol. The molecule has 1 aromatic heterocycles. The lowest BCUT2D eigenvalue weighted by molar-refractivity contribution is -0.137. The van der Waals surface area contributed by atoms with Gasteiger partial charge in [0.2, 0.25) is 10.0 Å². The molecule has 0 amide bonds. The maximum absolute atomic E-state index is 13.3. The van der Waals surface area contributed by atoms with Gasteiger partial charge >= 0.3 is 6.18 Å². The SMILES string of the molecule is O=S(=O)(c1ccc(C(F)(F)F)cc1)N1CCn2cccc2[C@@H]1c1ccccc1. The van der Waals surface area contributed by atoms with Crippen LogP contribution < -0.4 is 0 Å². The van der Waals surface area contributed by atoms with Crippen LogP contribution in [0.4, 0.5) is 13.2 Å². The molecule has 4 nitrogen and oxygen atoms in total. The van der Waals surface area contributed by atoms with E-state index in [9.17, 15) is 21.6 Å². The highest BCUT2D eigenvalue weighted by molar-refractivity contribution is 7.89. The maximum Gasteiger partial charge on any atom is 0.416 e. The highest BCUT2D eigenvalue weighted by Crippen LogP contribution is 2.37. The highest BCUT2D eigenvalue weighted by Gasteiger charge is 2.38. The van der Waals surface area contributed by atoms with Crippen LogP contribution in [0, 0.1) is 0 Å². The van der Waals surface area contributed by atoms with Crippen molar-refractivity contribution in [1.82, 2.24) is 8.87 Å². The molecule has 0 bridgehead atoms. The van der Waals surface area contributed by atoms with Gasteiger partial charge in [-0.25, -0.2) is 8.42 Å². The van der Waals surface area contributed by atoms with E-state index in [1.807, 2.05) is 53.2 Å². The van der Waals surface area contributed by atoms with Crippen LogP contribution in [0.15, 0.2) is 77.8 Å². The van der Waals surface area contributed by atoms with Crippen molar-refractivity contribution in [1.29, 1.82) is 0 Å². The van der Waals surface area contributed by atoms with E-state index in [1.54, 1.807) is 0 Å². The van der Waals surface area contributed by atoms with Gasteiger partial charge in [-0.15, -0.1) is 0 Å². The lowest BCUT2D eigenvalue weighted by atomic mass is 10.0. The van der Waals surface area contributed by atoms with Gasteiger partial charge in [-0.1, -0.05) is 30.3 Å². The van der Waals surface area contributed by atoms with Crippen LogP contribution in [0.25, 0.3) is 0 Å². The minimum absolute atomic E-state index is 0.151. The normalized spacial score (nSPS) is 18.0. The number of hydrogen-bond acceptors (Lipinski definition) is 2. The third-order valence-corrected chi connectivity index (χ3v) is 6.78. The topological polar surface area (TPSA) is 42.3 Å². The second-order valence-corrected chi connectivity index (χ2v) is 8.47. The number of rotatable bonds is 3. The Bertz CT molecular complexity index is 1070. The van der Waals surface area contributed by atoms with E-state index in [4.69, 9.17) is 0 Å². The van der Waals surface area contributed by atoms with E-state index in [-0.39, 0.29) is 11.4 Å². The average Bonchev–Trinajstić information content (AvgIpc) is 3.16. The monoisotopic (exact) mass is 406 g/mol. The summed E-state index contributed by atoms with van der Waals surface area (Å²) in [5.74, 6) is 0. The van der Waals surface area contributed by atoms with Gasteiger partial charge in [-0.05, 0) is 42.0 Å². The number of hydrogen-bond donors (Lipinski definition) is 0. The Morgan fingerprint density at radius 3 is 2.18 bits per heavy atom. The zero-order valence-electron chi connectivity index (χ0n) is 14.7. The lowest BCUT2D eigenvalue weighted by Crippen LogP contribution is -2.42. The molecule has 28 heavy (non-hydrogen) atoms. The Morgan fingerprint density at radius 2 is 1.54 bits per heavy atom. The van der Waals surface area contributed by atoms with Gasteiger partial charge in [-0.2, -0.15) is 17.5 Å². The van der Waals surface area contributed by atoms with Gasteiger partial charge in [0.1, 0.15) is 0 Å². The van der Waals surface area contributed by atoms with Gasteiger partial charge < -0.3 is 4.57 Å². The highest BCUT2D eigenvalue weighted by atomic mass is 32.2. The minimum Gasteiger partial charge on any atom is -0.348 e. The molecule has 1 atom stereocenters. The van der Waals surface area contributed by atoms with Crippen molar-refractivity contribution < 1.29 is 21.6 Å². The fourth-order valence-electron chi connectivity index (χ4n) is 3.54. The number of halogens is 3. The van der Waals surface area contributed by atoms with E-state index in [0.29, 0.717) is 6.54 Å². The average molecular weight is 406 g/mol. The summed E-state index contributed by atoms with van der Waals surface area (Å²) < 4.78 is 68.4. The van der Waals surface area contributed by atoms with E-state index in [1.165, 1.54) is 4.31 Å². The van der Waals surface area contributed by atoms with Crippen LogP contribution in [-0.4, -0.2) is 23.8 Å². The van der Waals surface area contributed by atoms with Crippen LogP contribution in [0.5, 0.6) is 0 Å². The van der Waals surface area contributed by atoms with Crippen LogP contribution in [0.1, 0.15) is 22.9 Å². The second kappa shape index (κ2) is 6.79. The summed E-state index contributed by atoms with van der Waals surface area (Å²) in [6.07, 6.45) is -2.62. The molecule has 1 aliphatic rings. The molecule has 0 spiro atoms. The Kier molecular flexibility index (Phi) is 4.55. The molecule has 1 aliphatic heterocycles. The predicted octanol–water partition coefficient (Wildman–Crippen LogP) is 4.30. The fourth-order valence-corrected chi connectivity index (χ4v) is 5.12. The minimum atomic E-state index is -4.51. The largest absolute Gasteiger partial charge is 0.416 e. The second-order valence-electron chi connectivity index (χ2n) is 6.58. The number of benzene rings is 2. The number of alkyl halides is 3. The van der Waals surface area contributed by atoms with Crippen LogP contribution in [0.3, 0.4) is 0 Å². The molecule has 0 saturated heterocycles. The van der Waals surface area contributed by atoms with Gasteiger partial charge in [0.05, 0.1) is 16.5 Å². The molecule has 0 N–H and O–H groups in total. The molecule has 0 fully saturated rings. The number of sulfonamides is 1. The number of fused-ring (bicyclic) bond motifs is 1. The van der Waals surface area contributed by atoms with E-state index in [2.05, 4.69) is 0 Å². The molecule has 146 valence electrons. The molecule has 2 heterocycles. The summed E-state index contributed by atoms with van der Waals surface area (Å²) in [4.78, 5) is -0.151. The summed E-state index contributed by atoms with van der Waals surface area (Å²) in [5.41, 5.74) is 0.754. The third-order valence-electron chi connectivity index (χ3n) is 4.90. The van der Waals surface area contributed by atoms with Crippen LogP contribution in [-0.2, 0) is 22.7 Å². The van der Waals surface area contributed by atoms with Crippen LogP contribution >= 0.6 is 0 Å². The van der Waals surface area contributed by atoms with Gasteiger partial charge in [0.25, 0.3) is 0 Å². The van der Waals surface area contributed by atoms with E-state index < -0.39 is 27.8 Å². The van der Waals surface area contributed by atoms with E-state index in [0.717, 1.165) is 35.5 Å². The van der Waals surface area contributed by atoms with Crippen molar-refractivity contribution in [3.63, 3.8) is 0 Å². The first-order valence-corrected chi connectivity index (χ1v) is 10.1. The Balaban J connectivity index is 1.78. The predicted molar refractivity (Wildman–Crippen MR) is 98.1 cm³/mol. The summed E-state index contributed by atoms with van der Waals surface area (Å²) in [5, 5.41) is 0. The molecule has 4 rings (SSSR count). The molecular formula is C20H17F3N2O2S. The first-order chi connectivity index (χ1) is 13.3. The van der Waals surface area contributed by atoms with Crippen molar-refractivity contribution in [2.75, 3.05) is 6.54 Å². The standard InChI is InChI=1S/C20H17F3N2O2S/c21-20(22,23)16-8-10-17(11-9-16)28(26,27)25-14-13-24-12-4-7-18(24)19(25)15-5-2-1-3-6-15/h1-12,19H,13-14H2/t19-/m0/s1. The first-order valence-electron chi connectivity index (χ1n) is 8.67. The summed E-state index contributed by atoms with van der Waals surface area (Å²) >= 11 is 0. The van der Waals surface area contributed by atoms with Gasteiger partial charge in [-0.3, -0.25) is 0 Å². The quantitative estimate of drug-likeness (QED) is 0.651. The fraction of sp³-hybridized carbons (Fsp3) is 0.200. The Morgan fingerprint density at radius 1 is 0.857 bits per heavy atom. The Hall–Kier alpha value is -2.58. The molecule has 0 saturated carbocycles. The third kappa shape index (κ3) is 3.22. The summed E-state index contributed by atoms with van der Waals surface area (Å²) in [6, 6.07) is 16.0.